The first-order valence-corrected chi connectivity index (χ1v) is 7.52. The molecule has 19 heavy (non-hydrogen) atoms. The molecule has 0 aromatic carbocycles. The Morgan fingerprint density at radius 1 is 1.42 bits per heavy atom. The standard InChI is InChI=1S/C14H25N5/c1-18(8-13-7-11-2-3-12(13)6-11)9-14-10-19(5-4-15)17-16-14/h10-13H,2-9,15H2,1H3. The summed E-state index contributed by atoms with van der Waals surface area (Å²) in [5.74, 6) is 2.96. The molecular weight excluding hydrogens is 238 g/mol. The van der Waals surface area contributed by atoms with Gasteiger partial charge in [0, 0.05) is 25.8 Å². The Morgan fingerprint density at radius 3 is 3.00 bits per heavy atom. The Kier molecular flexibility index (Phi) is 3.84. The molecule has 106 valence electrons. The molecule has 5 heteroatoms. The van der Waals surface area contributed by atoms with Crippen LogP contribution in [-0.4, -0.2) is 40.0 Å². The third-order valence-corrected chi connectivity index (χ3v) is 4.81. The first-order valence-electron chi connectivity index (χ1n) is 7.52. The fourth-order valence-corrected chi connectivity index (χ4v) is 3.99. The molecule has 3 unspecified atom stereocenters. The molecule has 2 fully saturated rings. The van der Waals surface area contributed by atoms with Crippen LogP contribution in [0.1, 0.15) is 31.4 Å². The van der Waals surface area contributed by atoms with Crippen molar-refractivity contribution < 1.29 is 0 Å². The molecule has 2 aliphatic rings. The summed E-state index contributed by atoms with van der Waals surface area (Å²) < 4.78 is 1.83. The van der Waals surface area contributed by atoms with Crippen molar-refractivity contribution in [1.29, 1.82) is 0 Å². The van der Waals surface area contributed by atoms with E-state index in [0.717, 1.165) is 36.5 Å². The van der Waals surface area contributed by atoms with Gasteiger partial charge < -0.3 is 10.6 Å². The molecule has 3 rings (SSSR count). The zero-order chi connectivity index (χ0) is 13.2. The third kappa shape index (κ3) is 2.98. The van der Waals surface area contributed by atoms with Gasteiger partial charge in [0.15, 0.2) is 0 Å². The topological polar surface area (TPSA) is 60.0 Å². The monoisotopic (exact) mass is 263 g/mol. The molecule has 0 aliphatic heterocycles. The number of hydrogen-bond acceptors (Lipinski definition) is 4. The summed E-state index contributed by atoms with van der Waals surface area (Å²) >= 11 is 0. The van der Waals surface area contributed by atoms with Gasteiger partial charge in [-0.25, -0.2) is 0 Å². The van der Waals surface area contributed by atoms with E-state index in [9.17, 15) is 0 Å². The molecular formula is C14H25N5. The van der Waals surface area contributed by atoms with E-state index in [2.05, 4.69) is 22.3 Å². The number of aromatic nitrogens is 3. The summed E-state index contributed by atoms with van der Waals surface area (Å²) in [6, 6.07) is 0. The Labute approximate surface area is 115 Å². The minimum absolute atomic E-state index is 0.615. The van der Waals surface area contributed by atoms with E-state index in [-0.39, 0.29) is 0 Å². The second-order valence-electron chi connectivity index (χ2n) is 6.39. The summed E-state index contributed by atoms with van der Waals surface area (Å²) in [6.07, 6.45) is 7.92. The predicted molar refractivity (Wildman–Crippen MR) is 74.3 cm³/mol. The second-order valence-corrected chi connectivity index (χ2v) is 6.39. The van der Waals surface area contributed by atoms with Crippen LogP contribution in [0, 0.1) is 17.8 Å². The smallest absolute Gasteiger partial charge is 0.0967 e. The highest BCUT2D eigenvalue weighted by Crippen LogP contribution is 2.48. The Bertz CT molecular complexity index is 416. The average molecular weight is 263 g/mol. The molecule has 2 N–H and O–H groups in total. The molecule has 1 aromatic rings. The second kappa shape index (κ2) is 5.59. The quantitative estimate of drug-likeness (QED) is 0.835. The highest BCUT2D eigenvalue weighted by Gasteiger charge is 2.39. The van der Waals surface area contributed by atoms with Crippen molar-refractivity contribution in [2.45, 2.75) is 38.8 Å². The van der Waals surface area contributed by atoms with Crippen molar-refractivity contribution in [3.05, 3.63) is 11.9 Å². The van der Waals surface area contributed by atoms with E-state index < -0.39 is 0 Å². The normalized spacial score (nSPS) is 29.5. The maximum absolute atomic E-state index is 5.52. The molecule has 2 saturated carbocycles. The van der Waals surface area contributed by atoms with Gasteiger partial charge in [0.05, 0.1) is 12.2 Å². The van der Waals surface area contributed by atoms with Crippen LogP contribution < -0.4 is 5.73 Å². The van der Waals surface area contributed by atoms with E-state index >= 15 is 0 Å². The third-order valence-electron chi connectivity index (χ3n) is 4.81. The summed E-state index contributed by atoms with van der Waals surface area (Å²) in [5, 5.41) is 8.30. The van der Waals surface area contributed by atoms with Gasteiger partial charge in [0.2, 0.25) is 0 Å². The van der Waals surface area contributed by atoms with E-state index in [0.29, 0.717) is 6.54 Å². The first kappa shape index (κ1) is 13.1. The lowest BCUT2D eigenvalue weighted by atomic mass is 9.88. The van der Waals surface area contributed by atoms with Crippen molar-refractivity contribution in [2.24, 2.45) is 23.5 Å². The van der Waals surface area contributed by atoms with E-state index in [1.165, 1.54) is 32.2 Å². The van der Waals surface area contributed by atoms with Gasteiger partial charge in [-0.15, -0.1) is 5.10 Å². The fourth-order valence-electron chi connectivity index (χ4n) is 3.99. The number of nitrogens with two attached hydrogens (primary N) is 1. The number of fused-ring (bicyclic) bond motifs is 2. The molecule has 1 aromatic heterocycles. The lowest BCUT2D eigenvalue weighted by molar-refractivity contribution is 0.213. The van der Waals surface area contributed by atoms with Gasteiger partial charge >= 0.3 is 0 Å². The molecule has 0 saturated heterocycles. The fraction of sp³-hybridized carbons (Fsp3) is 0.857. The van der Waals surface area contributed by atoms with Crippen molar-refractivity contribution in [3.63, 3.8) is 0 Å². The zero-order valence-corrected chi connectivity index (χ0v) is 11.8. The molecule has 0 amide bonds. The minimum Gasteiger partial charge on any atom is -0.329 e. The zero-order valence-electron chi connectivity index (χ0n) is 11.8. The Hall–Kier alpha value is -0.940. The van der Waals surface area contributed by atoms with Crippen LogP contribution in [0.3, 0.4) is 0 Å². The number of rotatable bonds is 6. The molecule has 0 radical (unpaired) electrons. The molecule has 1 heterocycles. The maximum atomic E-state index is 5.52. The van der Waals surface area contributed by atoms with Crippen molar-refractivity contribution in [1.82, 2.24) is 19.9 Å². The first-order chi connectivity index (χ1) is 9.24. The van der Waals surface area contributed by atoms with Crippen LogP contribution in [0.25, 0.3) is 0 Å². The van der Waals surface area contributed by atoms with Crippen molar-refractivity contribution in [2.75, 3.05) is 20.1 Å². The molecule has 2 bridgehead atoms. The van der Waals surface area contributed by atoms with Crippen LogP contribution in [-0.2, 0) is 13.1 Å². The lowest BCUT2D eigenvalue weighted by Crippen LogP contribution is -2.28. The average Bonchev–Trinajstić information content (AvgIpc) is 3.06. The maximum Gasteiger partial charge on any atom is 0.0967 e. The molecule has 2 aliphatic carbocycles. The summed E-state index contributed by atoms with van der Waals surface area (Å²) in [5.41, 5.74) is 6.57. The number of hydrogen-bond donors (Lipinski definition) is 1. The summed E-state index contributed by atoms with van der Waals surface area (Å²) in [4.78, 5) is 2.40. The van der Waals surface area contributed by atoms with Gasteiger partial charge in [-0.05, 0) is 44.1 Å². The lowest BCUT2D eigenvalue weighted by Gasteiger charge is -2.26. The Balaban J connectivity index is 1.49. The summed E-state index contributed by atoms with van der Waals surface area (Å²) in [7, 11) is 2.20. The Morgan fingerprint density at radius 2 is 2.32 bits per heavy atom. The van der Waals surface area contributed by atoms with Crippen molar-refractivity contribution >= 4 is 0 Å². The van der Waals surface area contributed by atoms with E-state index in [4.69, 9.17) is 5.73 Å². The van der Waals surface area contributed by atoms with Gasteiger partial charge in [-0.3, -0.25) is 4.68 Å². The van der Waals surface area contributed by atoms with Crippen LogP contribution in [0.4, 0.5) is 0 Å². The van der Waals surface area contributed by atoms with Crippen molar-refractivity contribution in [3.8, 4) is 0 Å². The van der Waals surface area contributed by atoms with Gasteiger partial charge in [0.1, 0.15) is 0 Å². The SMILES string of the molecule is CN(Cc1cn(CCN)nn1)CC1CC2CCC1C2. The number of nitrogens with zero attached hydrogens (tertiary/aromatic N) is 4. The van der Waals surface area contributed by atoms with Crippen LogP contribution in [0.2, 0.25) is 0 Å². The van der Waals surface area contributed by atoms with Crippen LogP contribution >= 0.6 is 0 Å². The van der Waals surface area contributed by atoms with Crippen LogP contribution in [0.5, 0.6) is 0 Å². The molecule has 5 nitrogen and oxygen atoms in total. The van der Waals surface area contributed by atoms with Gasteiger partial charge in [-0.1, -0.05) is 11.6 Å². The van der Waals surface area contributed by atoms with E-state index in [1.54, 1.807) is 0 Å². The largest absolute Gasteiger partial charge is 0.329 e. The highest BCUT2D eigenvalue weighted by atomic mass is 15.4. The van der Waals surface area contributed by atoms with Gasteiger partial charge in [-0.2, -0.15) is 0 Å². The molecule has 3 atom stereocenters. The summed E-state index contributed by atoms with van der Waals surface area (Å²) in [6.45, 7) is 3.48. The highest BCUT2D eigenvalue weighted by molar-refractivity contribution is 4.94. The molecule has 0 spiro atoms. The van der Waals surface area contributed by atoms with E-state index in [1.807, 2.05) is 10.9 Å². The van der Waals surface area contributed by atoms with Gasteiger partial charge in [0.25, 0.3) is 0 Å². The minimum atomic E-state index is 0.615. The van der Waals surface area contributed by atoms with Crippen LogP contribution in [0.15, 0.2) is 6.20 Å². The predicted octanol–water partition coefficient (Wildman–Crippen LogP) is 1.10.